The van der Waals surface area contributed by atoms with Gasteiger partial charge in [-0.3, -0.25) is 0 Å². The number of hydrogen-bond acceptors (Lipinski definition) is 2. The highest BCUT2D eigenvalue weighted by molar-refractivity contribution is 5.64. The molecule has 0 aliphatic heterocycles. The Bertz CT molecular complexity index is 130. The molecule has 0 bridgehead atoms. The lowest BCUT2D eigenvalue weighted by Gasteiger charge is -2.06. The molecule has 0 heterocycles. The van der Waals surface area contributed by atoms with Crippen molar-refractivity contribution in [2.24, 2.45) is 5.73 Å². The molecule has 1 amide bonds. The summed E-state index contributed by atoms with van der Waals surface area (Å²) in [5.41, 5.74) is 4.67. The molecule has 0 aliphatic carbocycles. The normalized spacial score (nSPS) is 12.5. The number of rotatable bonds is 6. The summed E-state index contributed by atoms with van der Waals surface area (Å²) in [5.74, 6) is 0. The predicted octanol–water partition coefficient (Wildman–Crippen LogP) is 2.00. The van der Waals surface area contributed by atoms with E-state index < -0.39 is 12.3 Å². The van der Waals surface area contributed by atoms with Gasteiger partial charge in [0.15, 0.2) is 0 Å². The minimum absolute atomic E-state index is 0.209. The molecule has 0 aromatic rings. The minimum atomic E-state index is -1.07. The van der Waals surface area contributed by atoms with Crippen LogP contribution in [0.1, 0.15) is 32.6 Å². The van der Waals surface area contributed by atoms with Crippen molar-refractivity contribution in [3.8, 4) is 0 Å². The molecule has 0 fully saturated rings. The Hall–Kier alpha value is -0.800. The zero-order chi connectivity index (χ0) is 9.40. The molecular formula is C8H16FNO2. The second-order valence-electron chi connectivity index (χ2n) is 2.72. The van der Waals surface area contributed by atoms with Gasteiger partial charge >= 0.3 is 6.09 Å². The molecule has 0 spiro atoms. The van der Waals surface area contributed by atoms with Crippen LogP contribution in [0.25, 0.3) is 0 Å². The molecule has 0 aliphatic rings. The summed E-state index contributed by atoms with van der Waals surface area (Å²) >= 11 is 0. The molecule has 0 aromatic heterocycles. The number of hydrogen-bond donors (Lipinski definition) is 1. The van der Waals surface area contributed by atoms with Gasteiger partial charge in [0.2, 0.25) is 0 Å². The molecule has 0 saturated carbocycles. The average molecular weight is 177 g/mol. The first-order valence-corrected chi connectivity index (χ1v) is 4.23. The molecule has 1 unspecified atom stereocenters. The number of nitrogens with two attached hydrogens (primary N) is 1. The first-order chi connectivity index (χ1) is 5.66. The smallest absolute Gasteiger partial charge is 0.404 e. The van der Waals surface area contributed by atoms with Crippen molar-refractivity contribution < 1.29 is 13.9 Å². The van der Waals surface area contributed by atoms with Crippen LogP contribution in [0.15, 0.2) is 0 Å². The summed E-state index contributed by atoms with van der Waals surface area (Å²) in [6.45, 7) is 1.84. The van der Waals surface area contributed by atoms with Crippen LogP contribution >= 0.6 is 0 Å². The molecule has 12 heavy (non-hydrogen) atoms. The van der Waals surface area contributed by atoms with Gasteiger partial charge in [0, 0.05) is 0 Å². The van der Waals surface area contributed by atoms with Gasteiger partial charge in [-0.05, 0) is 6.42 Å². The number of alkyl halides is 1. The fourth-order valence-electron chi connectivity index (χ4n) is 0.872. The number of carbonyl (C=O) groups excluding carboxylic acids is 1. The molecule has 1 atom stereocenters. The van der Waals surface area contributed by atoms with E-state index in [2.05, 4.69) is 10.5 Å². The van der Waals surface area contributed by atoms with E-state index in [1.807, 2.05) is 6.92 Å². The van der Waals surface area contributed by atoms with E-state index >= 15 is 0 Å². The molecule has 4 heteroatoms. The Labute approximate surface area is 72.1 Å². The summed E-state index contributed by atoms with van der Waals surface area (Å²) in [5, 5.41) is 0. The van der Waals surface area contributed by atoms with Gasteiger partial charge in [0.1, 0.15) is 12.8 Å². The van der Waals surface area contributed by atoms with Crippen molar-refractivity contribution in [2.75, 3.05) is 6.61 Å². The lowest BCUT2D eigenvalue weighted by Crippen LogP contribution is -2.19. The minimum Gasteiger partial charge on any atom is -0.447 e. The van der Waals surface area contributed by atoms with Gasteiger partial charge in [0.25, 0.3) is 0 Å². The molecule has 0 saturated heterocycles. The van der Waals surface area contributed by atoms with Gasteiger partial charge in [0.05, 0.1) is 0 Å². The lowest BCUT2D eigenvalue weighted by atomic mass is 10.1. The van der Waals surface area contributed by atoms with Crippen LogP contribution in [0, 0.1) is 0 Å². The maximum Gasteiger partial charge on any atom is 0.404 e. The van der Waals surface area contributed by atoms with Gasteiger partial charge in [-0.2, -0.15) is 0 Å². The van der Waals surface area contributed by atoms with E-state index in [0.717, 1.165) is 19.3 Å². The van der Waals surface area contributed by atoms with Gasteiger partial charge < -0.3 is 10.5 Å². The van der Waals surface area contributed by atoms with Crippen LogP contribution in [0.2, 0.25) is 0 Å². The summed E-state index contributed by atoms with van der Waals surface area (Å²) < 4.78 is 17.1. The Morgan fingerprint density at radius 3 is 2.75 bits per heavy atom. The summed E-state index contributed by atoms with van der Waals surface area (Å²) in [7, 11) is 0. The van der Waals surface area contributed by atoms with Crippen LogP contribution in [-0.2, 0) is 4.74 Å². The lowest BCUT2D eigenvalue weighted by molar-refractivity contribution is 0.115. The van der Waals surface area contributed by atoms with Crippen molar-refractivity contribution in [1.82, 2.24) is 0 Å². The number of unbranched alkanes of at least 4 members (excludes halogenated alkanes) is 2. The Balaban J connectivity index is 3.21. The van der Waals surface area contributed by atoms with Crippen LogP contribution in [0.4, 0.5) is 9.18 Å². The van der Waals surface area contributed by atoms with Gasteiger partial charge in [-0.15, -0.1) is 0 Å². The third kappa shape index (κ3) is 7.31. The summed E-state index contributed by atoms with van der Waals surface area (Å²) in [6, 6.07) is 0. The largest absolute Gasteiger partial charge is 0.447 e. The van der Waals surface area contributed by atoms with Crippen molar-refractivity contribution in [1.29, 1.82) is 0 Å². The van der Waals surface area contributed by atoms with E-state index in [1.54, 1.807) is 0 Å². The van der Waals surface area contributed by atoms with E-state index in [0.29, 0.717) is 6.42 Å². The highest BCUT2D eigenvalue weighted by Gasteiger charge is 2.07. The topological polar surface area (TPSA) is 52.3 Å². The fourth-order valence-corrected chi connectivity index (χ4v) is 0.872. The summed E-state index contributed by atoms with van der Waals surface area (Å²) in [4.78, 5) is 10.1. The number of primary amides is 1. The van der Waals surface area contributed by atoms with Crippen LogP contribution in [0.5, 0.6) is 0 Å². The molecule has 0 radical (unpaired) electrons. The standard InChI is InChI=1S/C8H16FNO2/c1-2-3-4-5-7(9)6-12-8(10)11/h7H,2-6H2,1H3,(H2,10,11). The molecular weight excluding hydrogens is 161 g/mol. The highest BCUT2D eigenvalue weighted by Crippen LogP contribution is 2.06. The van der Waals surface area contributed by atoms with Crippen molar-refractivity contribution in [3.63, 3.8) is 0 Å². The fraction of sp³-hybridized carbons (Fsp3) is 0.875. The number of carbonyl (C=O) groups is 1. The van der Waals surface area contributed by atoms with E-state index in [-0.39, 0.29) is 6.61 Å². The number of ether oxygens (including phenoxy) is 1. The third-order valence-electron chi connectivity index (χ3n) is 1.53. The van der Waals surface area contributed by atoms with Crippen molar-refractivity contribution in [2.45, 2.75) is 38.8 Å². The monoisotopic (exact) mass is 177 g/mol. The zero-order valence-corrected chi connectivity index (χ0v) is 7.38. The number of halogens is 1. The van der Waals surface area contributed by atoms with E-state index in [1.165, 1.54) is 0 Å². The second kappa shape index (κ2) is 6.88. The third-order valence-corrected chi connectivity index (χ3v) is 1.53. The van der Waals surface area contributed by atoms with Gasteiger partial charge in [-0.1, -0.05) is 26.2 Å². The van der Waals surface area contributed by atoms with E-state index in [9.17, 15) is 9.18 Å². The SMILES string of the molecule is CCCCCC(F)COC(N)=O. The Morgan fingerprint density at radius 2 is 2.25 bits per heavy atom. The Kier molecular flexibility index (Phi) is 6.42. The molecule has 2 N–H and O–H groups in total. The van der Waals surface area contributed by atoms with Crippen LogP contribution < -0.4 is 5.73 Å². The van der Waals surface area contributed by atoms with Gasteiger partial charge in [-0.25, -0.2) is 9.18 Å². The van der Waals surface area contributed by atoms with Crippen LogP contribution in [-0.4, -0.2) is 18.9 Å². The van der Waals surface area contributed by atoms with Crippen molar-refractivity contribution in [3.05, 3.63) is 0 Å². The quantitative estimate of drug-likeness (QED) is 0.631. The van der Waals surface area contributed by atoms with Crippen LogP contribution in [0.3, 0.4) is 0 Å². The zero-order valence-electron chi connectivity index (χ0n) is 7.38. The maximum atomic E-state index is 12.8. The Morgan fingerprint density at radius 1 is 1.58 bits per heavy atom. The second-order valence-corrected chi connectivity index (χ2v) is 2.72. The molecule has 72 valence electrons. The highest BCUT2D eigenvalue weighted by atomic mass is 19.1. The molecule has 0 aromatic carbocycles. The first kappa shape index (κ1) is 11.2. The molecule has 0 rings (SSSR count). The van der Waals surface area contributed by atoms with Crippen molar-refractivity contribution >= 4 is 6.09 Å². The molecule has 3 nitrogen and oxygen atoms in total. The summed E-state index contributed by atoms with van der Waals surface area (Å²) in [6.07, 6.45) is 1.37. The predicted molar refractivity (Wildman–Crippen MR) is 44.6 cm³/mol. The average Bonchev–Trinajstić information content (AvgIpc) is 2.01. The first-order valence-electron chi connectivity index (χ1n) is 4.23. The maximum absolute atomic E-state index is 12.8. The van der Waals surface area contributed by atoms with E-state index in [4.69, 9.17) is 0 Å². The number of amides is 1.